The average Bonchev–Trinajstić information content (AvgIpc) is 2.76. The van der Waals surface area contributed by atoms with Crippen LogP contribution in [0.25, 0.3) is 0 Å². The average molecular weight is 274 g/mol. The fraction of sp³-hybridized carbons (Fsp3) is 0.200. The molecule has 2 heterocycles. The zero-order chi connectivity index (χ0) is 11.5. The second kappa shape index (κ2) is 4.99. The minimum Gasteiger partial charge on any atom is -0.362 e. The van der Waals surface area contributed by atoms with Crippen molar-refractivity contribution >= 4 is 40.4 Å². The molecule has 1 N–H and O–H groups in total. The first kappa shape index (κ1) is 11.6. The second-order valence-electron chi connectivity index (χ2n) is 3.26. The van der Waals surface area contributed by atoms with Crippen molar-refractivity contribution in [3.05, 3.63) is 38.9 Å². The Morgan fingerprint density at radius 2 is 2.25 bits per heavy atom. The van der Waals surface area contributed by atoms with Gasteiger partial charge in [0.1, 0.15) is 10.8 Å². The summed E-state index contributed by atoms with van der Waals surface area (Å²) in [5.74, 6) is 0.556. The Morgan fingerprint density at radius 3 is 2.94 bits per heavy atom. The molecule has 1 atom stereocenters. The third-order valence-electron chi connectivity index (χ3n) is 2.11. The Kier molecular flexibility index (Phi) is 3.63. The minimum absolute atomic E-state index is 0.134. The highest BCUT2D eigenvalue weighted by Crippen LogP contribution is 2.25. The van der Waals surface area contributed by atoms with E-state index in [9.17, 15) is 0 Å². The van der Waals surface area contributed by atoms with Crippen LogP contribution in [-0.2, 0) is 0 Å². The van der Waals surface area contributed by atoms with Gasteiger partial charge in [0.05, 0.1) is 12.2 Å². The van der Waals surface area contributed by atoms with Crippen LogP contribution in [0.15, 0.2) is 23.0 Å². The summed E-state index contributed by atoms with van der Waals surface area (Å²) < 4.78 is 0. The van der Waals surface area contributed by atoms with Crippen molar-refractivity contribution in [3.8, 4) is 0 Å². The van der Waals surface area contributed by atoms with E-state index >= 15 is 0 Å². The highest BCUT2D eigenvalue weighted by molar-refractivity contribution is 7.08. The first-order valence-electron chi connectivity index (χ1n) is 4.63. The van der Waals surface area contributed by atoms with Gasteiger partial charge in [-0.3, -0.25) is 0 Å². The van der Waals surface area contributed by atoms with E-state index < -0.39 is 0 Å². The lowest BCUT2D eigenvalue weighted by atomic mass is 10.2. The van der Waals surface area contributed by atoms with Gasteiger partial charge < -0.3 is 5.32 Å². The predicted molar refractivity (Wildman–Crippen MR) is 68.4 cm³/mol. The molecule has 0 aromatic carbocycles. The Bertz CT molecular complexity index is 473. The van der Waals surface area contributed by atoms with E-state index in [2.05, 4.69) is 26.7 Å². The molecule has 0 saturated carbocycles. The van der Waals surface area contributed by atoms with E-state index in [-0.39, 0.29) is 11.3 Å². The zero-order valence-electron chi connectivity index (χ0n) is 8.45. The second-order valence-corrected chi connectivity index (χ2v) is 4.78. The van der Waals surface area contributed by atoms with Crippen LogP contribution >= 0.6 is 34.5 Å². The van der Waals surface area contributed by atoms with Crippen molar-refractivity contribution < 1.29 is 0 Å². The van der Waals surface area contributed by atoms with Crippen molar-refractivity contribution in [2.75, 3.05) is 5.32 Å². The fourth-order valence-electron chi connectivity index (χ4n) is 1.26. The molecule has 0 aliphatic rings. The van der Waals surface area contributed by atoms with Crippen LogP contribution in [0, 0.1) is 0 Å². The van der Waals surface area contributed by atoms with Gasteiger partial charge in [-0.05, 0) is 40.9 Å². The maximum Gasteiger partial charge on any atom is 0.224 e. The van der Waals surface area contributed by atoms with E-state index in [4.69, 9.17) is 23.2 Å². The quantitative estimate of drug-likeness (QED) is 0.859. The van der Waals surface area contributed by atoms with Gasteiger partial charge in [-0.25, -0.2) is 4.98 Å². The molecule has 3 nitrogen and oxygen atoms in total. The number of halogens is 2. The van der Waals surface area contributed by atoms with E-state index in [1.54, 1.807) is 11.3 Å². The lowest BCUT2D eigenvalue weighted by Gasteiger charge is -2.13. The topological polar surface area (TPSA) is 37.8 Å². The van der Waals surface area contributed by atoms with Gasteiger partial charge >= 0.3 is 0 Å². The largest absolute Gasteiger partial charge is 0.362 e. The SMILES string of the molecule is CC(Nc1nc(Cl)ncc1Cl)c1ccsc1. The van der Waals surface area contributed by atoms with E-state index in [0.717, 1.165) is 0 Å². The summed E-state index contributed by atoms with van der Waals surface area (Å²) >= 11 is 13.3. The van der Waals surface area contributed by atoms with Gasteiger partial charge in [0.2, 0.25) is 5.28 Å². The van der Waals surface area contributed by atoms with Crippen LogP contribution < -0.4 is 5.32 Å². The number of rotatable bonds is 3. The Balaban J connectivity index is 2.17. The van der Waals surface area contributed by atoms with Crippen LogP contribution in [0.5, 0.6) is 0 Å². The summed E-state index contributed by atoms with van der Waals surface area (Å²) in [7, 11) is 0. The number of aromatic nitrogens is 2. The Labute approximate surface area is 107 Å². The Hall–Kier alpha value is -0.840. The Morgan fingerprint density at radius 1 is 1.44 bits per heavy atom. The molecule has 0 aliphatic carbocycles. The highest BCUT2D eigenvalue weighted by atomic mass is 35.5. The first-order valence-corrected chi connectivity index (χ1v) is 6.33. The summed E-state index contributed by atoms with van der Waals surface area (Å²) in [5, 5.41) is 7.95. The number of anilines is 1. The van der Waals surface area contributed by atoms with Gasteiger partial charge in [-0.2, -0.15) is 16.3 Å². The highest BCUT2D eigenvalue weighted by Gasteiger charge is 2.10. The van der Waals surface area contributed by atoms with E-state index in [1.165, 1.54) is 11.8 Å². The molecule has 16 heavy (non-hydrogen) atoms. The third-order valence-corrected chi connectivity index (χ3v) is 3.27. The number of hydrogen-bond donors (Lipinski definition) is 1. The molecule has 2 rings (SSSR count). The minimum atomic E-state index is 0.134. The molecule has 0 fully saturated rings. The van der Waals surface area contributed by atoms with Crippen molar-refractivity contribution in [1.29, 1.82) is 0 Å². The van der Waals surface area contributed by atoms with Gasteiger partial charge in [-0.15, -0.1) is 0 Å². The normalized spacial score (nSPS) is 12.4. The molecule has 1 unspecified atom stereocenters. The van der Waals surface area contributed by atoms with Gasteiger partial charge in [0, 0.05) is 0 Å². The third kappa shape index (κ3) is 2.64. The zero-order valence-corrected chi connectivity index (χ0v) is 10.8. The molecule has 0 aliphatic heterocycles. The van der Waals surface area contributed by atoms with Gasteiger partial charge in [0.25, 0.3) is 0 Å². The number of thiophene rings is 1. The molecule has 2 aromatic heterocycles. The first-order chi connectivity index (χ1) is 7.66. The van der Waals surface area contributed by atoms with Crippen LogP contribution in [0.3, 0.4) is 0 Å². The van der Waals surface area contributed by atoms with Crippen molar-refractivity contribution in [2.45, 2.75) is 13.0 Å². The van der Waals surface area contributed by atoms with Crippen LogP contribution in [-0.4, -0.2) is 9.97 Å². The van der Waals surface area contributed by atoms with Gasteiger partial charge in [0.15, 0.2) is 0 Å². The molecule has 0 radical (unpaired) electrons. The molecule has 2 aromatic rings. The van der Waals surface area contributed by atoms with Crippen molar-refractivity contribution in [1.82, 2.24) is 9.97 Å². The predicted octanol–water partition coefficient (Wildman–Crippen LogP) is 4.02. The van der Waals surface area contributed by atoms with E-state index in [1.807, 2.05) is 12.3 Å². The molecule has 0 amide bonds. The molecule has 6 heteroatoms. The van der Waals surface area contributed by atoms with Crippen LogP contribution in [0.1, 0.15) is 18.5 Å². The summed E-state index contributed by atoms with van der Waals surface area (Å²) in [4.78, 5) is 7.83. The molecule has 84 valence electrons. The number of nitrogens with one attached hydrogen (secondary N) is 1. The number of hydrogen-bond acceptors (Lipinski definition) is 4. The lowest BCUT2D eigenvalue weighted by molar-refractivity contribution is 0.877. The molecule has 0 bridgehead atoms. The lowest BCUT2D eigenvalue weighted by Crippen LogP contribution is -2.07. The smallest absolute Gasteiger partial charge is 0.224 e. The van der Waals surface area contributed by atoms with Crippen LogP contribution in [0.4, 0.5) is 5.82 Å². The monoisotopic (exact) mass is 273 g/mol. The molecule has 0 spiro atoms. The van der Waals surface area contributed by atoms with Crippen molar-refractivity contribution in [2.24, 2.45) is 0 Å². The summed E-state index contributed by atoms with van der Waals surface area (Å²) in [6.07, 6.45) is 1.49. The molecule has 0 saturated heterocycles. The standard InChI is InChI=1S/C10H9Cl2N3S/c1-6(7-2-3-16-5-7)14-9-8(11)4-13-10(12)15-9/h2-6H,1H3,(H,13,14,15). The number of nitrogens with zero attached hydrogens (tertiary/aromatic N) is 2. The summed E-state index contributed by atoms with van der Waals surface area (Å²) in [6, 6.07) is 2.19. The van der Waals surface area contributed by atoms with Gasteiger partial charge in [-0.1, -0.05) is 11.6 Å². The van der Waals surface area contributed by atoms with Crippen molar-refractivity contribution in [3.63, 3.8) is 0 Å². The van der Waals surface area contributed by atoms with Crippen LogP contribution in [0.2, 0.25) is 10.3 Å². The van der Waals surface area contributed by atoms with E-state index in [0.29, 0.717) is 10.8 Å². The maximum absolute atomic E-state index is 5.96. The summed E-state index contributed by atoms with van der Waals surface area (Å²) in [5.41, 5.74) is 1.19. The molecular formula is C10H9Cl2N3S. The molecular weight excluding hydrogens is 265 g/mol. The maximum atomic E-state index is 5.96. The fourth-order valence-corrected chi connectivity index (χ4v) is 2.29. The summed E-state index contributed by atoms with van der Waals surface area (Å²) in [6.45, 7) is 2.04.